The topological polar surface area (TPSA) is 94.8 Å². The van der Waals surface area contributed by atoms with Crippen LogP contribution in [0.2, 0.25) is 0 Å². The van der Waals surface area contributed by atoms with E-state index in [4.69, 9.17) is 15.3 Å². The first-order chi connectivity index (χ1) is 8.04. The van der Waals surface area contributed by atoms with Gasteiger partial charge in [-0.15, -0.1) is 0 Å². The van der Waals surface area contributed by atoms with E-state index in [0.29, 0.717) is 0 Å². The summed E-state index contributed by atoms with van der Waals surface area (Å²) in [5, 5.41) is 24.0. The third kappa shape index (κ3) is 25.1. The molecule has 0 rings (SSSR count). The normalized spacial score (nSPS) is 9.71. The first kappa shape index (κ1) is 17.9. The monoisotopic (exact) mass is 246 g/mol. The molecule has 0 saturated carbocycles. The van der Waals surface area contributed by atoms with E-state index in [2.05, 4.69) is 6.92 Å². The Morgan fingerprint density at radius 3 is 1.88 bits per heavy atom. The molecule has 0 aromatic heterocycles. The summed E-state index contributed by atoms with van der Waals surface area (Å²) in [5.41, 5.74) is 0. The molecule has 0 radical (unpaired) electrons. The van der Waals surface area contributed by atoms with Crippen molar-refractivity contribution in [2.24, 2.45) is 0 Å². The molecule has 0 unspecified atom stereocenters. The Kier molecular flexibility index (Phi) is 15.2. The molecule has 0 aliphatic rings. The number of aliphatic hydroxyl groups is 1. The van der Waals surface area contributed by atoms with Crippen LogP contribution >= 0.6 is 0 Å². The van der Waals surface area contributed by atoms with Crippen molar-refractivity contribution in [2.75, 3.05) is 0 Å². The van der Waals surface area contributed by atoms with Crippen molar-refractivity contribution in [3.05, 3.63) is 12.3 Å². The number of allylic oxidation sites excluding steroid dienone is 1. The lowest BCUT2D eigenvalue weighted by atomic mass is 10.2. The molecule has 0 amide bonds. The van der Waals surface area contributed by atoms with Gasteiger partial charge < -0.3 is 15.3 Å². The fourth-order valence-corrected chi connectivity index (χ4v) is 0.977. The molecule has 0 bridgehead atoms. The van der Waals surface area contributed by atoms with Crippen LogP contribution in [-0.2, 0) is 9.59 Å². The van der Waals surface area contributed by atoms with Gasteiger partial charge in [0.15, 0.2) is 0 Å². The second-order valence-corrected chi connectivity index (χ2v) is 3.52. The van der Waals surface area contributed by atoms with E-state index in [1.54, 1.807) is 6.08 Å². The summed E-state index contributed by atoms with van der Waals surface area (Å²) >= 11 is 0. The van der Waals surface area contributed by atoms with Gasteiger partial charge in [0.05, 0.1) is 19.1 Å². The zero-order chi connectivity index (χ0) is 13.5. The Hall–Kier alpha value is -1.52. The van der Waals surface area contributed by atoms with Crippen molar-refractivity contribution in [3.8, 4) is 0 Å². The zero-order valence-electron chi connectivity index (χ0n) is 10.3. The number of aliphatic hydroxyl groups excluding tert-OH is 1. The van der Waals surface area contributed by atoms with Gasteiger partial charge in [-0.3, -0.25) is 9.59 Å². The molecule has 0 atom stereocenters. The van der Waals surface area contributed by atoms with Crippen LogP contribution in [0.3, 0.4) is 0 Å². The van der Waals surface area contributed by atoms with E-state index in [1.165, 1.54) is 25.7 Å². The molecular formula is C12H22O5. The Bertz CT molecular complexity index is 209. The summed E-state index contributed by atoms with van der Waals surface area (Å²) in [4.78, 5) is 19.3. The molecule has 100 valence electrons. The van der Waals surface area contributed by atoms with Gasteiger partial charge in [0, 0.05) is 0 Å². The van der Waals surface area contributed by atoms with Crippen LogP contribution < -0.4 is 0 Å². The van der Waals surface area contributed by atoms with Crippen LogP contribution in [0.15, 0.2) is 12.3 Å². The third-order valence-electron chi connectivity index (χ3n) is 1.88. The number of unbranched alkanes of at least 4 members (excludes halogenated alkanes) is 4. The second kappa shape index (κ2) is 14.5. The molecule has 0 aliphatic carbocycles. The maximum atomic E-state index is 9.64. The van der Waals surface area contributed by atoms with E-state index < -0.39 is 11.9 Å². The maximum Gasteiger partial charge on any atom is 0.303 e. The third-order valence-corrected chi connectivity index (χ3v) is 1.88. The minimum atomic E-state index is -1.08. The Labute approximate surface area is 102 Å². The van der Waals surface area contributed by atoms with E-state index in [9.17, 15) is 9.59 Å². The quantitative estimate of drug-likeness (QED) is 0.452. The molecule has 0 saturated heterocycles. The van der Waals surface area contributed by atoms with Gasteiger partial charge in [-0.05, 0) is 12.8 Å². The van der Waals surface area contributed by atoms with Crippen molar-refractivity contribution in [1.29, 1.82) is 0 Å². The van der Waals surface area contributed by atoms with Gasteiger partial charge in [0.2, 0.25) is 0 Å². The van der Waals surface area contributed by atoms with E-state index in [-0.39, 0.29) is 12.8 Å². The van der Waals surface area contributed by atoms with Crippen molar-refractivity contribution in [2.45, 2.75) is 51.9 Å². The summed E-state index contributed by atoms with van der Waals surface area (Å²) in [7, 11) is 0. The number of hydrogen-bond acceptors (Lipinski definition) is 3. The van der Waals surface area contributed by atoms with Crippen LogP contribution in [0.25, 0.3) is 0 Å². The summed E-state index contributed by atoms with van der Waals surface area (Å²) in [6, 6.07) is 0. The zero-order valence-corrected chi connectivity index (χ0v) is 10.3. The molecule has 0 spiro atoms. The molecule has 0 fully saturated rings. The van der Waals surface area contributed by atoms with Gasteiger partial charge in [-0.2, -0.15) is 0 Å². The Morgan fingerprint density at radius 1 is 1.00 bits per heavy atom. The van der Waals surface area contributed by atoms with Crippen molar-refractivity contribution in [3.63, 3.8) is 0 Å². The molecule has 0 aromatic rings. The van der Waals surface area contributed by atoms with Crippen molar-refractivity contribution < 1.29 is 24.9 Å². The number of carbonyl (C=O) groups is 2. The lowest BCUT2D eigenvalue weighted by molar-refractivity contribution is -0.143. The van der Waals surface area contributed by atoms with Crippen LogP contribution in [0.5, 0.6) is 0 Å². The van der Waals surface area contributed by atoms with Crippen molar-refractivity contribution in [1.82, 2.24) is 0 Å². The van der Waals surface area contributed by atoms with Crippen LogP contribution in [0.4, 0.5) is 0 Å². The molecular weight excluding hydrogens is 224 g/mol. The standard InChI is InChI=1S/C8H16O.C4H6O4/c1-2-3-4-5-6-7-8-9;5-3(6)1-2-4(7)8/h7-9H,2-6H2,1H3;1-2H2,(H,5,6)(H,7,8). The first-order valence-electron chi connectivity index (χ1n) is 5.77. The number of carboxylic acid groups (broad SMARTS) is 2. The van der Waals surface area contributed by atoms with Gasteiger partial charge in [-0.1, -0.05) is 32.3 Å². The lowest BCUT2D eigenvalue weighted by Gasteiger charge is -1.92. The number of carboxylic acids is 2. The summed E-state index contributed by atoms with van der Waals surface area (Å²) in [6.45, 7) is 2.20. The van der Waals surface area contributed by atoms with Gasteiger partial charge >= 0.3 is 11.9 Å². The molecule has 17 heavy (non-hydrogen) atoms. The fraction of sp³-hybridized carbons (Fsp3) is 0.667. The highest BCUT2D eigenvalue weighted by Crippen LogP contribution is 2.01. The molecule has 0 aromatic carbocycles. The molecule has 0 heterocycles. The SMILES string of the molecule is CCCCCCC=CO.O=C(O)CCC(=O)O. The molecule has 5 heteroatoms. The number of aliphatic carboxylic acids is 2. The highest BCUT2D eigenvalue weighted by molar-refractivity contribution is 5.75. The van der Waals surface area contributed by atoms with E-state index in [0.717, 1.165) is 12.7 Å². The van der Waals surface area contributed by atoms with Crippen molar-refractivity contribution >= 4 is 11.9 Å². The van der Waals surface area contributed by atoms with E-state index in [1.807, 2.05) is 0 Å². The van der Waals surface area contributed by atoms with Crippen LogP contribution in [0, 0.1) is 0 Å². The maximum absolute atomic E-state index is 9.64. The average Bonchev–Trinajstić information content (AvgIpc) is 2.27. The fourth-order valence-electron chi connectivity index (χ4n) is 0.977. The van der Waals surface area contributed by atoms with Gasteiger partial charge in [0.1, 0.15) is 0 Å². The molecule has 0 aliphatic heterocycles. The van der Waals surface area contributed by atoms with Gasteiger partial charge in [0.25, 0.3) is 0 Å². The smallest absolute Gasteiger partial charge is 0.303 e. The Balaban J connectivity index is 0. The predicted molar refractivity (Wildman–Crippen MR) is 65.0 cm³/mol. The predicted octanol–water partition coefficient (Wildman–Crippen LogP) is 2.96. The molecule has 3 N–H and O–H groups in total. The first-order valence-corrected chi connectivity index (χ1v) is 5.77. The lowest BCUT2D eigenvalue weighted by Crippen LogP contribution is -2.00. The summed E-state index contributed by atoms with van der Waals surface area (Å²) < 4.78 is 0. The summed E-state index contributed by atoms with van der Waals surface area (Å²) in [5.74, 6) is -2.15. The second-order valence-electron chi connectivity index (χ2n) is 3.52. The highest BCUT2D eigenvalue weighted by atomic mass is 16.4. The number of rotatable bonds is 8. The minimum Gasteiger partial charge on any atom is -0.516 e. The average molecular weight is 246 g/mol. The summed E-state index contributed by atoms with van der Waals surface area (Å²) in [6.07, 6.45) is 8.47. The van der Waals surface area contributed by atoms with Gasteiger partial charge in [-0.25, -0.2) is 0 Å². The largest absolute Gasteiger partial charge is 0.516 e. The molecule has 5 nitrogen and oxygen atoms in total. The Morgan fingerprint density at radius 2 is 1.53 bits per heavy atom. The number of hydrogen-bond donors (Lipinski definition) is 3. The van der Waals surface area contributed by atoms with Crippen LogP contribution in [-0.4, -0.2) is 27.3 Å². The van der Waals surface area contributed by atoms with E-state index >= 15 is 0 Å². The van der Waals surface area contributed by atoms with Crippen LogP contribution in [0.1, 0.15) is 51.9 Å². The highest BCUT2D eigenvalue weighted by Gasteiger charge is 2.00. The minimum absolute atomic E-state index is 0.296.